The van der Waals surface area contributed by atoms with Crippen LogP contribution in [0.15, 0.2) is 4.99 Å². The van der Waals surface area contributed by atoms with Crippen molar-refractivity contribution < 1.29 is 4.74 Å². The molecule has 0 saturated heterocycles. The summed E-state index contributed by atoms with van der Waals surface area (Å²) in [6, 6.07) is 0.528. The predicted molar refractivity (Wildman–Crippen MR) is 112 cm³/mol. The quantitative estimate of drug-likeness (QED) is 0.527. The van der Waals surface area contributed by atoms with Gasteiger partial charge in [-0.25, -0.2) is 4.99 Å². The highest BCUT2D eigenvalue weighted by Crippen LogP contribution is 2.40. The third-order valence-corrected chi connectivity index (χ3v) is 6.64. The summed E-state index contributed by atoms with van der Waals surface area (Å²) in [5.41, 5.74) is 0.340. The van der Waals surface area contributed by atoms with E-state index in [9.17, 15) is 0 Å². The fourth-order valence-electron chi connectivity index (χ4n) is 4.56. The lowest BCUT2D eigenvalue weighted by molar-refractivity contribution is 0.138. The molecule has 2 fully saturated rings. The number of methoxy groups -OCH3 is 1. The van der Waals surface area contributed by atoms with Crippen LogP contribution in [0.1, 0.15) is 75.9 Å². The van der Waals surface area contributed by atoms with Crippen molar-refractivity contribution in [3.05, 3.63) is 11.6 Å². The number of rotatable bonds is 8. The van der Waals surface area contributed by atoms with Gasteiger partial charge in [0.25, 0.3) is 0 Å². The summed E-state index contributed by atoms with van der Waals surface area (Å²) in [5, 5.41) is 15.8. The van der Waals surface area contributed by atoms with Crippen molar-refractivity contribution in [1.29, 1.82) is 0 Å². The third kappa shape index (κ3) is 5.69. The molecule has 0 atom stereocenters. The fourth-order valence-corrected chi connectivity index (χ4v) is 4.56. The van der Waals surface area contributed by atoms with E-state index in [1.165, 1.54) is 57.8 Å². The van der Waals surface area contributed by atoms with Crippen LogP contribution < -0.4 is 10.6 Å². The number of nitrogens with one attached hydrogen (secondary N) is 2. The largest absolute Gasteiger partial charge is 0.385 e. The lowest BCUT2D eigenvalue weighted by Crippen LogP contribution is -2.47. The molecule has 7 nitrogen and oxygen atoms in total. The molecule has 7 heteroatoms. The average molecular weight is 391 g/mol. The van der Waals surface area contributed by atoms with Crippen LogP contribution in [-0.2, 0) is 18.3 Å². The summed E-state index contributed by atoms with van der Waals surface area (Å²) in [7, 11) is 3.80. The summed E-state index contributed by atoms with van der Waals surface area (Å²) >= 11 is 0. The molecule has 0 spiro atoms. The van der Waals surface area contributed by atoms with Gasteiger partial charge in [-0.1, -0.05) is 32.1 Å². The second-order valence-electron chi connectivity index (χ2n) is 8.67. The summed E-state index contributed by atoms with van der Waals surface area (Å²) in [6.45, 7) is 4.32. The molecule has 0 radical (unpaired) electrons. The molecule has 0 aromatic carbocycles. The summed E-state index contributed by atoms with van der Waals surface area (Å²) < 4.78 is 7.40. The van der Waals surface area contributed by atoms with Crippen LogP contribution in [0.5, 0.6) is 0 Å². The molecule has 2 saturated carbocycles. The minimum Gasteiger partial charge on any atom is -0.385 e. The first-order chi connectivity index (χ1) is 13.6. The van der Waals surface area contributed by atoms with Crippen LogP contribution in [0.25, 0.3) is 0 Å². The van der Waals surface area contributed by atoms with E-state index < -0.39 is 0 Å². The van der Waals surface area contributed by atoms with Gasteiger partial charge in [-0.2, -0.15) is 0 Å². The van der Waals surface area contributed by atoms with Gasteiger partial charge < -0.3 is 19.9 Å². The fraction of sp³-hybridized carbons (Fsp3) is 0.857. The minimum absolute atomic E-state index is 0.340. The van der Waals surface area contributed by atoms with Gasteiger partial charge in [0.15, 0.2) is 11.8 Å². The molecule has 2 aliphatic carbocycles. The molecular formula is C21H38N6O. The zero-order valence-corrected chi connectivity index (χ0v) is 18.0. The van der Waals surface area contributed by atoms with Crippen molar-refractivity contribution >= 4 is 5.96 Å². The molecule has 0 unspecified atom stereocenters. The van der Waals surface area contributed by atoms with E-state index in [0.717, 1.165) is 37.2 Å². The first kappa shape index (κ1) is 21.1. The van der Waals surface area contributed by atoms with E-state index in [1.807, 2.05) is 18.5 Å². The van der Waals surface area contributed by atoms with Gasteiger partial charge in [0.05, 0.1) is 0 Å². The number of aryl methyl sites for hydroxylation is 1. The average Bonchev–Trinajstić information content (AvgIpc) is 3.31. The highest BCUT2D eigenvalue weighted by molar-refractivity contribution is 5.80. The van der Waals surface area contributed by atoms with Crippen LogP contribution in [-0.4, -0.2) is 47.0 Å². The molecule has 158 valence electrons. The third-order valence-electron chi connectivity index (χ3n) is 6.64. The molecule has 0 aliphatic heterocycles. The van der Waals surface area contributed by atoms with Crippen LogP contribution in [0.4, 0.5) is 0 Å². The summed E-state index contributed by atoms with van der Waals surface area (Å²) in [5.74, 6) is 2.75. The first-order valence-corrected chi connectivity index (χ1v) is 11.0. The van der Waals surface area contributed by atoms with E-state index in [4.69, 9.17) is 9.73 Å². The normalized spacial score (nSPS) is 20.5. The minimum atomic E-state index is 0.340. The van der Waals surface area contributed by atoms with Crippen LogP contribution >= 0.6 is 0 Å². The summed E-state index contributed by atoms with van der Waals surface area (Å²) in [4.78, 5) is 4.87. The van der Waals surface area contributed by atoms with Gasteiger partial charge in [0, 0.05) is 33.4 Å². The molecule has 0 bridgehead atoms. The number of aliphatic imine (C=N–C) groups is 1. The van der Waals surface area contributed by atoms with Crippen molar-refractivity contribution in [3.63, 3.8) is 0 Å². The Morgan fingerprint density at radius 2 is 1.93 bits per heavy atom. The number of aromatic nitrogens is 3. The maximum atomic E-state index is 5.39. The molecular weight excluding hydrogens is 352 g/mol. The number of hydrogen-bond acceptors (Lipinski definition) is 4. The van der Waals surface area contributed by atoms with Crippen LogP contribution in [0, 0.1) is 12.3 Å². The van der Waals surface area contributed by atoms with E-state index in [0.29, 0.717) is 18.0 Å². The molecule has 2 aliphatic rings. The molecule has 1 heterocycles. The number of ether oxygens (including phenoxy) is 1. The molecule has 0 amide bonds. The Balaban J connectivity index is 1.65. The van der Waals surface area contributed by atoms with E-state index in [1.54, 1.807) is 7.11 Å². The van der Waals surface area contributed by atoms with Crippen LogP contribution in [0.2, 0.25) is 0 Å². The zero-order valence-electron chi connectivity index (χ0n) is 18.0. The van der Waals surface area contributed by atoms with Gasteiger partial charge in [-0.05, 0) is 44.4 Å². The SMILES string of the molecule is COCCC1(CNC(=NCc2nnc(C)n2C)NC2CCCCC2)CCCC1. The number of hydrogen-bond donors (Lipinski definition) is 2. The van der Waals surface area contributed by atoms with Crippen molar-refractivity contribution in [2.45, 2.75) is 83.7 Å². The molecule has 1 aromatic rings. The Hall–Kier alpha value is -1.63. The molecule has 3 rings (SSSR count). The van der Waals surface area contributed by atoms with Crippen molar-refractivity contribution in [2.75, 3.05) is 20.3 Å². The van der Waals surface area contributed by atoms with Gasteiger partial charge in [-0.15, -0.1) is 10.2 Å². The zero-order chi connectivity index (χ0) is 19.8. The number of nitrogens with zero attached hydrogens (tertiary/aromatic N) is 4. The second kappa shape index (κ2) is 10.2. The Labute approximate surface area is 169 Å². The Bertz CT molecular complexity index is 629. The van der Waals surface area contributed by atoms with Crippen molar-refractivity contribution in [2.24, 2.45) is 17.5 Å². The summed E-state index contributed by atoms with van der Waals surface area (Å²) in [6.07, 6.45) is 12.8. The predicted octanol–water partition coefficient (Wildman–Crippen LogP) is 3.09. The van der Waals surface area contributed by atoms with E-state index in [2.05, 4.69) is 20.8 Å². The Morgan fingerprint density at radius 3 is 2.57 bits per heavy atom. The molecule has 2 N–H and O–H groups in total. The monoisotopic (exact) mass is 390 g/mol. The van der Waals surface area contributed by atoms with Crippen molar-refractivity contribution in [3.8, 4) is 0 Å². The van der Waals surface area contributed by atoms with Gasteiger partial charge in [0.2, 0.25) is 0 Å². The van der Waals surface area contributed by atoms with Crippen molar-refractivity contribution in [1.82, 2.24) is 25.4 Å². The lowest BCUT2D eigenvalue weighted by Gasteiger charge is -2.31. The standard InChI is InChI=1S/C21H38N6O/c1-17-25-26-19(27(17)2)15-22-20(24-18-9-5-4-6-10-18)23-16-21(13-14-28-3)11-7-8-12-21/h18H,4-16H2,1-3H3,(H2,22,23,24). The molecule has 28 heavy (non-hydrogen) atoms. The van der Waals surface area contributed by atoms with E-state index in [-0.39, 0.29) is 0 Å². The van der Waals surface area contributed by atoms with Gasteiger partial charge in [-0.3, -0.25) is 0 Å². The molecule has 1 aromatic heterocycles. The highest BCUT2D eigenvalue weighted by Gasteiger charge is 2.33. The number of guanidine groups is 1. The Morgan fingerprint density at radius 1 is 1.18 bits per heavy atom. The second-order valence-corrected chi connectivity index (χ2v) is 8.67. The Kier molecular flexibility index (Phi) is 7.71. The maximum Gasteiger partial charge on any atom is 0.191 e. The topological polar surface area (TPSA) is 76.4 Å². The van der Waals surface area contributed by atoms with Gasteiger partial charge in [0.1, 0.15) is 12.4 Å². The lowest BCUT2D eigenvalue weighted by atomic mass is 9.83. The van der Waals surface area contributed by atoms with Gasteiger partial charge >= 0.3 is 0 Å². The smallest absolute Gasteiger partial charge is 0.191 e. The maximum absolute atomic E-state index is 5.39. The van der Waals surface area contributed by atoms with E-state index >= 15 is 0 Å². The van der Waals surface area contributed by atoms with Crippen LogP contribution in [0.3, 0.4) is 0 Å². The first-order valence-electron chi connectivity index (χ1n) is 11.0. The highest BCUT2D eigenvalue weighted by atomic mass is 16.5.